The van der Waals surface area contributed by atoms with E-state index in [2.05, 4.69) is 5.32 Å². The van der Waals surface area contributed by atoms with E-state index in [1.807, 2.05) is 6.07 Å². The number of nitrogens with zero attached hydrogens (tertiary/aromatic N) is 1. The number of carbonyl (C=O) groups excluding carboxylic acids is 2. The van der Waals surface area contributed by atoms with Gasteiger partial charge in [-0.25, -0.2) is 8.42 Å². The fourth-order valence-electron chi connectivity index (χ4n) is 3.67. The van der Waals surface area contributed by atoms with E-state index in [1.54, 1.807) is 24.3 Å². The van der Waals surface area contributed by atoms with Crippen molar-refractivity contribution in [3.63, 3.8) is 0 Å². The Kier molecular flexibility index (Phi) is 8.29. The number of rotatable bonds is 9. The number of esters is 1. The summed E-state index contributed by atoms with van der Waals surface area (Å²) >= 11 is 0. The van der Waals surface area contributed by atoms with Crippen LogP contribution in [-0.2, 0) is 25.3 Å². The third-order valence-electron chi connectivity index (χ3n) is 5.35. The molecule has 0 aliphatic carbocycles. The average molecular weight is 477 g/mol. The standard InChI is InChI=1S/C23H28N2O7S/c1-31-21-15-18(10-11-20(21)26)22(27)24-12-14-32-23(28)19-9-5-6-13-25(19)33(29,30)16-17-7-3-2-4-8-17/h2-4,7-8,10-11,15,19,26H,5-6,9,12-14,16H2,1H3,(H,24,27)/t19-/m0/s1. The van der Waals surface area contributed by atoms with E-state index in [-0.39, 0.29) is 42.5 Å². The predicted octanol–water partition coefficient (Wildman–Crippen LogP) is 2.06. The van der Waals surface area contributed by atoms with Crippen LogP contribution < -0.4 is 10.1 Å². The summed E-state index contributed by atoms with van der Waals surface area (Å²) in [5.41, 5.74) is 0.935. The van der Waals surface area contributed by atoms with E-state index in [4.69, 9.17) is 9.47 Å². The van der Waals surface area contributed by atoms with Crippen LogP contribution in [0.15, 0.2) is 48.5 Å². The van der Waals surface area contributed by atoms with Crippen molar-refractivity contribution < 1.29 is 32.6 Å². The molecule has 1 amide bonds. The lowest BCUT2D eigenvalue weighted by Crippen LogP contribution is -2.49. The molecular weight excluding hydrogens is 448 g/mol. The molecule has 0 radical (unpaired) electrons. The van der Waals surface area contributed by atoms with Gasteiger partial charge in [-0.2, -0.15) is 4.31 Å². The molecule has 1 aliphatic rings. The van der Waals surface area contributed by atoms with E-state index in [1.165, 1.54) is 29.6 Å². The minimum Gasteiger partial charge on any atom is -0.504 e. The Labute approximate surface area is 193 Å². The molecule has 1 atom stereocenters. The number of amides is 1. The van der Waals surface area contributed by atoms with E-state index < -0.39 is 27.9 Å². The number of piperidine rings is 1. The highest BCUT2D eigenvalue weighted by atomic mass is 32.2. The van der Waals surface area contributed by atoms with Gasteiger partial charge in [-0.15, -0.1) is 0 Å². The van der Waals surface area contributed by atoms with Crippen molar-refractivity contribution in [3.8, 4) is 11.5 Å². The van der Waals surface area contributed by atoms with E-state index in [9.17, 15) is 23.1 Å². The van der Waals surface area contributed by atoms with Gasteiger partial charge >= 0.3 is 5.97 Å². The van der Waals surface area contributed by atoms with Crippen molar-refractivity contribution in [3.05, 3.63) is 59.7 Å². The second-order valence-corrected chi connectivity index (χ2v) is 9.60. The van der Waals surface area contributed by atoms with Gasteiger partial charge < -0.3 is 19.9 Å². The number of phenols is 1. The monoisotopic (exact) mass is 476 g/mol. The fourth-order valence-corrected chi connectivity index (χ4v) is 5.44. The zero-order valence-electron chi connectivity index (χ0n) is 18.4. The molecule has 33 heavy (non-hydrogen) atoms. The second-order valence-electron chi connectivity index (χ2n) is 7.67. The Balaban J connectivity index is 1.53. The molecular formula is C23H28N2O7S. The van der Waals surface area contributed by atoms with Crippen molar-refractivity contribution in [2.45, 2.75) is 31.1 Å². The normalized spacial score (nSPS) is 16.7. The summed E-state index contributed by atoms with van der Waals surface area (Å²) in [5, 5.41) is 12.2. The lowest BCUT2D eigenvalue weighted by molar-refractivity contribution is -0.149. The summed E-state index contributed by atoms with van der Waals surface area (Å²) in [5.74, 6) is -1.13. The van der Waals surface area contributed by atoms with Gasteiger partial charge in [0, 0.05) is 12.1 Å². The summed E-state index contributed by atoms with van der Waals surface area (Å²) in [4.78, 5) is 24.9. The quantitative estimate of drug-likeness (QED) is 0.420. The smallest absolute Gasteiger partial charge is 0.324 e. The number of nitrogens with one attached hydrogen (secondary N) is 1. The first-order valence-corrected chi connectivity index (χ1v) is 12.3. The van der Waals surface area contributed by atoms with Crippen LogP contribution in [0.3, 0.4) is 0 Å². The summed E-state index contributed by atoms with van der Waals surface area (Å²) in [6.07, 6.45) is 1.81. The number of carbonyl (C=O) groups is 2. The zero-order chi connectivity index (χ0) is 23.8. The Morgan fingerprint density at radius 2 is 1.91 bits per heavy atom. The van der Waals surface area contributed by atoms with Gasteiger partial charge in [0.2, 0.25) is 10.0 Å². The van der Waals surface area contributed by atoms with Crippen LogP contribution in [-0.4, -0.2) is 62.6 Å². The lowest BCUT2D eigenvalue weighted by Gasteiger charge is -2.33. The lowest BCUT2D eigenvalue weighted by atomic mass is 10.1. The molecule has 2 N–H and O–H groups in total. The molecule has 0 spiro atoms. The van der Waals surface area contributed by atoms with Crippen LogP contribution in [0.5, 0.6) is 11.5 Å². The third-order valence-corrected chi connectivity index (χ3v) is 7.20. The van der Waals surface area contributed by atoms with Crippen molar-refractivity contribution in [2.24, 2.45) is 0 Å². The number of ether oxygens (including phenoxy) is 2. The summed E-state index contributed by atoms with van der Waals surface area (Å²) in [7, 11) is -2.31. The molecule has 2 aromatic carbocycles. The van der Waals surface area contributed by atoms with Crippen LogP contribution in [0.2, 0.25) is 0 Å². The maximum absolute atomic E-state index is 13.0. The van der Waals surface area contributed by atoms with Gasteiger partial charge in [-0.1, -0.05) is 30.3 Å². The third kappa shape index (κ3) is 6.45. The maximum Gasteiger partial charge on any atom is 0.324 e. The van der Waals surface area contributed by atoms with Crippen molar-refractivity contribution in [1.29, 1.82) is 0 Å². The highest BCUT2D eigenvalue weighted by Crippen LogP contribution is 2.26. The first kappa shape index (κ1) is 24.5. The minimum atomic E-state index is -3.69. The molecule has 3 rings (SSSR count). The molecule has 0 bridgehead atoms. The summed E-state index contributed by atoms with van der Waals surface area (Å²) in [6, 6.07) is 12.2. The molecule has 1 heterocycles. The number of aromatic hydroxyl groups is 1. The highest BCUT2D eigenvalue weighted by Gasteiger charge is 2.37. The number of phenolic OH excluding ortho intramolecular Hbond substituents is 1. The minimum absolute atomic E-state index is 0.0528. The number of benzene rings is 2. The van der Waals surface area contributed by atoms with E-state index in [0.29, 0.717) is 18.4 Å². The van der Waals surface area contributed by atoms with E-state index >= 15 is 0 Å². The zero-order valence-corrected chi connectivity index (χ0v) is 19.2. The Morgan fingerprint density at radius 1 is 1.15 bits per heavy atom. The van der Waals surface area contributed by atoms with Crippen LogP contribution in [0.25, 0.3) is 0 Å². The Bertz CT molecular complexity index is 1070. The fraction of sp³-hybridized carbons (Fsp3) is 0.391. The molecule has 9 nitrogen and oxygen atoms in total. The Hall–Kier alpha value is -3.11. The topological polar surface area (TPSA) is 122 Å². The molecule has 10 heteroatoms. The van der Waals surface area contributed by atoms with Gasteiger partial charge in [0.15, 0.2) is 11.5 Å². The van der Waals surface area contributed by atoms with E-state index in [0.717, 1.165) is 6.42 Å². The van der Waals surface area contributed by atoms with Crippen LogP contribution in [0.4, 0.5) is 0 Å². The summed E-state index contributed by atoms with van der Waals surface area (Å²) in [6.45, 7) is 0.231. The molecule has 2 aromatic rings. The molecule has 0 aromatic heterocycles. The molecule has 0 saturated carbocycles. The predicted molar refractivity (Wildman–Crippen MR) is 121 cm³/mol. The molecule has 178 valence electrons. The first-order chi connectivity index (χ1) is 15.8. The van der Waals surface area contributed by atoms with Crippen molar-refractivity contribution in [1.82, 2.24) is 9.62 Å². The highest BCUT2D eigenvalue weighted by molar-refractivity contribution is 7.88. The van der Waals surface area contributed by atoms with Gasteiger partial charge in [0.05, 0.1) is 19.4 Å². The van der Waals surface area contributed by atoms with Crippen molar-refractivity contribution >= 4 is 21.9 Å². The SMILES string of the molecule is COc1cc(C(=O)NCCOC(=O)[C@@H]2CCCCN2S(=O)(=O)Cc2ccccc2)ccc1O. The number of hydrogen-bond donors (Lipinski definition) is 2. The summed E-state index contributed by atoms with van der Waals surface area (Å²) < 4.78 is 37.4. The van der Waals surface area contributed by atoms with Crippen LogP contribution in [0.1, 0.15) is 35.2 Å². The molecule has 0 unspecified atom stereocenters. The van der Waals surface area contributed by atoms with Gasteiger partial charge in [0.1, 0.15) is 12.6 Å². The van der Waals surface area contributed by atoms with Crippen molar-refractivity contribution in [2.75, 3.05) is 26.8 Å². The van der Waals surface area contributed by atoms with Gasteiger partial charge in [-0.05, 0) is 43.0 Å². The Morgan fingerprint density at radius 3 is 2.64 bits per heavy atom. The van der Waals surface area contributed by atoms with Crippen LogP contribution >= 0.6 is 0 Å². The number of hydrogen-bond acceptors (Lipinski definition) is 7. The average Bonchev–Trinajstić information content (AvgIpc) is 2.82. The maximum atomic E-state index is 13.0. The van der Waals surface area contributed by atoms with Crippen LogP contribution in [0, 0.1) is 0 Å². The first-order valence-electron chi connectivity index (χ1n) is 10.7. The molecule has 1 aliphatic heterocycles. The largest absolute Gasteiger partial charge is 0.504 e. The molecule has 1 saturated heterocycles. The number of methoxy groups -OCH3 is 1. The van der Waals surface area contributed by atoms with Gasteiger partial charge in [0.25, 0.3) is 5.91 Å². The molecule has 1 fully saturated rings. The number of sulfonamides is 1. The second kappa shape index (κ2) is 11.2. The van der Waals surface area contributed by atoms with Gasteiger partial charge in [-0.3, -0.25) is 9.59 Å².